The van der Waals surface area contributed by atoms with Crippen molar-refractivity contribution in [1.82, 2.24) is 0 Å². The van der Waals surface area contributed by atoms with Gasteiger partial charge in [-0.1, -0.05) is 76.8 Å². The standard InChI is InChI=1S/C18H31O5P/c1-2-3-4-5-6-7-8-9-10-13-16-22-17-14-11-12-15-18(17)23-24(19,20)21/h11-12,14-15H,2-10,13,16H2,1H3,(H2,19,20,21). The summed E-state index contributed by atoms with van der Waals surface area (Å²) in [5.41, 5.74) is 0. The van der Waals surface area contributed by atoms with Gasteiger partial charge in [-0.05, 0) is 18.6 Å². The molecule has 0 bridgehead atoms. The van der Waals surface area contributed by atoms with Crippen LogP contribution in [0.2, 0.25) is 0 Å². The first kappa shape index (κ1) is 21.0. The molecule has 0 saturated heterocycles. The van der Waals surface area contributed by atoms with E-state index in [2.05, 4.69) is 11.4 Å². The Balaban J connectivity index is 2.10. The molecule has 0 atom stereocenters. The van der Waals surface area contributed by atoms with E-state index in [1.165, 1.54) is 57.4 Å². The van der Waals surface area contributed by atoms with E-state index in [0.717, 1.165) is 12.8 Å². The lowest BCUT2D eigenvalue weighted by atomic mass is 10.1. The van der Waals surface area contributed by atoms with Crippen molar-refractivity contribution in [2.24, 2.45) is 0 Å². The lowest BCUT2D eigenvalue weighted by Gasteiger charge is -2.12. The van der Waals surface area contributed by atoms with Crippen LogP contribution >= 0.6 is 7.82 Å². The second-order valence-electron chi connectivity index (χ2n) is 6.06. The van der Waals surface area contributed by atoms with Gasteiger partial charge >= 0.3 is 7.82 Å². The number of phosphoric acid groups is 1. The molecule has 138 valence electrons. The quantitative estimate of drug-likeness (QED) is 0.341. The summed E-state index contributed by atoms with van der Waals surface area (Å²) in [5.74, 6) is 0.453. The number of hydrogen-bond donors (Lipinski definition) is 2. The molecule has 0 saturated carbocycles. The monoisotopic (exact) mass is 358 g/mol. The third-order valence-electron chi connectivity index (χ3n) is 3.82. The highest BCUT2D eigenvalue weighted by Gasteiger charge is 2.18. The highest BCUT2D eigenvalue weighted by molar-refractivity contribution is 7.46. The fraction of sp³-hybridized carbons (Fsp3) is 0.667. The molecule has 0 aliphatic heterocycles. The van der Waals surface area contributed by atoms with E-state index in [1.54, 1.807) is 18.2 Å². The van der Waals surface area contributed by atoms with E-state index in [1.807, 2.05) is 0 Å². The van der Waals surface area contributed by atoms with Gasteiger partial charge in [0.05, 0.1) is 6.61 Å². The van der Waals surface area contributed by atoms with Crippen molar-refractivity contribution in [3.63, 3.8) is 0 Å². The summed E-state index contributed by atoms with van der Waals surface area (Å²) < 4.78 is 21.1. The van der Waals surface area contributed by atoms with Gasteiger partial charge < -0.3 is 9.26 Å². The van der Waals surface area contributed by atoms with Gasteiger partial charge in [0.25, 0.3) is 0 Å². The molecular weight excluding hydrogens is 327 g/mol. The SMILES string of the molecule is CCCCCCCCCCCCOc1ccccc1OP(=O)(O)O. The number of unbranched alkanes of at least 4 members (excludes halogenated alkanes) is 9. The fourth-order valence-electron chi connectivity index (χ4n) is 2.54. The van der Waals surface area contributed by atoms with Gasteiger partial charge in [0.2, 0.25) is 0 Å². The van der Waals surface area contributed by atoms with Crippen LogP contribution in [0.5, 0.6) is 11.5 Å². The lowest BCUT2D eigenvalue weighted by molar-refractivity contribution is 0.263. The van der Waals surface area contributed by atoms with Crippen molar-refractivity contribution in [3.8, 4) is 11.5 Å². The maximum Gasteiger partial charge on any atom is 0.524 e. The Morgan fingerprint density at radius 2 is 1.33 bits per heavy atom. The molecule has 0 spiro atoms. The Morgan fingerprint density at radius 1 is 0.833 bits per heavy atom. The maximum absolute atomic E-state index is 10.9. The predicted molar refractivity (Wildman–Crippen MR) is 96.5 cm³/mol. The molecule has 1 aromatic carbocycles. The molecule has 0 aliphatic carbocycles. The van der Waals surface area contributed by atoms with Crippen LogP contribution in [-0.4, -0.2) is 16.4 Å². The molecule has 2 N–H and O–H groups in total. The minimum Gasteiger partial charge on any atom is -0.490 e. The first-order chi connectivity index (χ1) is 11.5. The summed E-state index contributed by atoms with van der Waals surface area (Å²) in [5, 5.41) is 0. The first-order valence-electron chi connectivity index (χ1n) is 9.00. The number of hydrogen-bond acceptors (Lipinski definition) is 3. The summed E-state index contributed by atoms with van der Waals surface area (Å²) in [6.45, 7) is 2.76. The Labute approximate surface area is 145 Å². The summed E-state index contributed by atoms with van der Waals surface area (Å²) >= 11 is 0. The Hall–Kier alpha value is -1.03. The van der Waals surface area contributed by atoms with E-state index in [-0.39, 0.29) is 5.75 Å². The second-order valence-corrected chi connectivity index (χ2v) is 7.22. The Bertz CT molecular complexity index is 486. The molecule has 1 rings (SSSR count). The summed E-state index contributed by atoms with van der Waals surface area (Å²) in [6, 6.07) is 6.55. The van der Waals surface area contributed by atoms with Crippen molar-refractivity contribution >= 4 is 7.82 Å². The van der Waals surface area contributed by atoms with Crippen LogP contribution in [-0.2, 0) is 4.57 Å². The van der Waals surface area contributed by atoms with Crippen molar-refractivity contribution in [3.05, 3.63) is 24.3 Å². The molecule has 0 radical (unpaired) electrons. The molecule has 0 fully saturated rings. The van der Waals surface area contributed by atoms with Crippen LogP contribution in [0.4, 0.5) is 0 Å². The molecule has 1 aromatic rings. The van der Waals surface area contributed by atoms with Gasteiger partial charge in [-0.3, -0.25) is 9.79 Å². The zero-order valence-corrected chi connectivity index (χ0v) is 15.5. The first-order valence-corrected chi connectivity index (χ1v) is 10.5. The highest BCUT2D eigenvalue weighted by Crippen LogP contribution is 2.41. The van der Waals surface area contributed by atoms with Gasteiger partial charge in [-0.2, -0.15) is 0 Å². The molecule has 24 heavy (non-hydrogen) atoms. The maximum atomic E-state index is 10.9. The number of rotatable bonds is 14. The molecular formula is C18H31O5P. The zero-order chi connectivity index (χ0) is 17.7. The lowest BCUT2D eigenvalue weighted by Crippen LogP contribution is -2.00. The van der Waals surface area contributed by atoms with Gasteiger partial charge in [0, 0.05) is 0 Å². The van der Waals surface area contributed by atoms with Gasteiger partial charge in [-0.25, -0.2) is 4.57 Å². The number of para-hydroxylation sites is 2. The zero-order valence-electron chi connectivity index (χ0n) is 14.7. The Morgan fingerprint density at radius 3 is 1.88 bits per heavy atom. The van der Waals surface area contributed by atoms with E-state index < -0.39 is 7.82 Å². The smallest absolute Gasteiger partial charge is 0.490 e. The topological polar surface area (TPSA) is 76.0 Å². The molecule has 6 heteroatoms. The van der Waals surface area contributed by atoms with Gasteiger partial charge in [-0.15, -0.1) is 0 Å². The number of benzene rings is 1. The third kappa shape index (κ3) is 10.7. The van der Waals surface area contributed by atoms with Crippen LogP contribution in [0.15, 0.2) is 24.3 Å². The molecule has 0 aromatic heterocycles. The van der Waals surface area contributed by atoms with Gasteiger partial charge in [0.1, 0.15) is 0 Å². The second kappa shape index (κ2) is 12.3. The van der Waals surface area contributed by atoms with Crippen LogP contribution in [0.3, 0.4) is 0 Å². The summed E-state index contributed by atoms with van der Waals surface area (Å²) in [6.07, 6.45) is 12.5. The van der Waals surface area contributed by atoms with Crippen molar-refractivity contribution < 1.29 is 23.6 Å². The average Bonchev–Trinajstić information content (AvgIpc) is 2.52. The van der Waals surface area contributed by atoms with Crippen LogP contribution < -0.4 is 9.26 Å². The summed E-state index contributed by atoms with van der Waals surface area (Å²) in [7, 11) is -4.56. The van der Waals surface area contributed by atoms with E-state index in [0.29, 0.717) is 12.4 Å². The number of ether oxygens (including phenoxy) is 1. The molecule has 0 heterocycles. The van der Waals surface area contributed by atoms with Crippen LogP contribution in [0, 0.1) is 0 Å². The van der Waals surface area contributed by atoms with E-state index in [9.17, 15) is 4.57 Å². The van der Waals surface area contributed by atoms with Crippen LogP contribution in [0.25, 0.3) is 0 Å². The van der Waals surface area contributed by atoms with E-state index in [4.69, 9.17) is 14.5 Å². The molecule has 0 unspecified atom stereocenters. The normalized spacial score (nSPS) is 11.5. The van der Waals surface area contributed by atoms with Crippen molar-refractivity contribution in [2.75, 3.05) is 6.61 Å². The third-order valence-corrected chi connectivity index (χ3v) is 4.26. The molecule has 5 nitrogen and oxygen atoms in total. The average molecular weight is 358 g/mol. The van der Waals surface area contributed by atoms with E-state index >= 15 is 0 Å². The summed E-state index contributed by atoms with van der Waals surface area (Å²) in [4.78, 5) is 17.8. The molecule has 0 amide bonds. The number of phosphoric ester groups is 1. The predicted octanol–water partition coefficient (Wildman–Crippen LogP) is 5.46. The van der Waals surface area contributed by atoms with Crippen molar-refractivity contribution in [1.29, 1.82) is 0 Å². The highest BCUT2D eigenvalue weighted by atomic mass is 31.2. The largest absolute Gasteiger partial charge is 0.524 e. The van der Waals surface area contributed by atoms with Gasteiger partial charge in [0.15, 0.2) is 11.5 Å². The van der Waals surface area contributed by atoms with Crippen LogP contribution in [0.1, 0.15) is 71.1 Å². The minimum absolute atomic E-state index is 0.0814. The molecule has 0 aliphatic rings. The fourth-order valence-corrected chi connectivity index (χ4v) is 2.95. The van der Waals surface area contributed by atoms with Crippen molar-refractivity contribution in [2.45, 2.75) is 71.1 Å². The minimum atomic E-state index is -4.56. The Kier molecular flexibility index (Phi) is 10.8.